The summed E-state index contributed by atoms with van der Waals surface area (Å²) in [5.41, 5.74) is 0.680. The van der Waals surface area contributed by atoms with Gasteiger partial charge in [-0.1, -0.05) is 25.0 Å². The number of nitrogens with zero attached hydrogens (tertiary/aromatic N) is 1. The number of para-hydroxylation sites is 1. The topological polar surface area (TPSA) is 42.2 Å². The fraction of sp³-hybridized carbons (Fsp3) is 0.562. The Kier molecular flexibility index (Phi) is 3.44. The van der Waals surface area contributed by atoms with Crippen LogP contribution < -0.4 is 4.74 Å². The SMILES string of the molecule is N#Cc1ccccc1OC1CCOC2(CCCC2)C1. The maximum atomic E-state index is 9.10. The Balaban J connectivity index is 1.71. The van der Waals surface area contributed by atoms with E-state index in [1.165, 1.54) is 12.8 Å². The van der Waals surface area contributed by atoms with Crippen LogP contribution in [0.4, 0.5) is 0 Å². The standard InChI is InChI=1S/C16H19NO2/c17-12-13-5-1-2-6-15(13)19-14-7-10-18-16(11-14)8-3-4-9-16/h1-2,5-6,14H,3-4,7-11H2. The average molecular weight is 257 g/mol. The van der Waals surface area contributed by atoms with Crippen molar-refractivity contribution in [3.8, 4) is 11.8 Å². The summed E-state index contributed by atoms with van der Waals surface area (Å²) in [6.07, 6.45) is 6.91. The largest absolute Gasteiger partial charge is 0.489 e. The Bertz CT molecular complexity index is 486. The summed E-state index contributed by atoms with van der Waals surface area (Å²) in [6.45, 7) is 0.777. The first kappa shape index (κ1) is 12.5. The number of ether oxygens (including phenoxy) is 2. The molecule has 0 bridgehead atoms. The minimum atomic E-state index is 0.0600. The molecule has 3 heteroatoms. The fourth-order valence-electron chi connectivity index (χ4n) is 3.29. The van der Waals surface area contributed by atoms with Crippen molar-refractivity contribution in [3.05, 3.63) is 29.8 Å². The quantitative estimate of drug-likeness (QED) is 0.815. The summed E-state index contributed by atoms with van der Waals surface area (Å²) in [7, 11) is 0. The van der Waals surface area contributed by atoms with Crippen LogP contribution >= 0.6 is 0 Å². The van der Waals surface area contributed by atoms with Crippen LogP contribution in [0.1, 0.15) is 44.1 Å². The van der Waals surface area contributed by atoms with E-state index in [9.17, 15) is 0 Å². The predicted octanol–water partition coefficient (Wildman–Crippen LogP) is 3.43. The second kappa shape index (κ2) is 5.22. The third-order valence-electron chi connectivity index (χ3n) is 4.26. The van der Waals surface area contributed by atoms with Crippen LogP contribution in [-0.2, 0) is 4.74 Å². The zero-order valence-electron chi connectivity index (χ0n) is 11.1. The van der Waals surface area contributed by atoms with E-state index in [2.05, 4.69) is 6.07 Å². The molecule has 19 heavy (non-hydrogen) atoms. The molecule has 0 radical (unpaired) electrons. The smallest absolute Gasteiger partial charge is 0.137 e. The Morgan fingerprint density at radius 1 is 1.26 bits per heavy atom. The summed E-state index contributed by atoms with van der Waals surface area (Å²) in [6, 6.07) is 9.67. The van der Waals surface area contributed by atoms with E-state index in [1.54, 1.807) is 6.07 Å². The van der Waals surface area contributed by atoms with Crippen molar-refractivity contribution in [1.82, 2.24) is 0 Å². The Hall–Kier alpha value is -1.53. The molecule has 1 atom stereocenters. The highest BCUT2D eigenvalue weighted by atomic mass is 16.5. The fourth-order valence-corrected chi connectivity index (χ4v) is 3.29. The molecule has 1 spiro atoms. The summed E-state index contributed by atoms with van der Waals surface area (Å²) >= 11 is 0. The molecule has 1 unspecified atom stereocenters. The third-order valence-corrected chi connectivity index (χ3v) is 4.26. The van der Waals surface area contributed by atoms with Gasteiger partial charge in [-0.2, -0.15) is 5.26 Å². The van der Waals surface area contributed by atoms with Gasteiger partial charge in [-0.3, -0.25) is 0 Å². The number of rotatable bonds is 2. The van der Waals surface area contributed by atoms with Gasteiger partial charge in [0.2, 0.25) is 0 Å². The van der Waals surface area contributed by atoms with Crippen LogP contribution in [0.3, 0.4) is 0 Å². The van der Waals surface area contributed by atoms with Crippen molar-refractivity contribution in [2.75, 3.05) is 6.61 Å². The van der Waals surface area contributed by atoms with Crippen molar-refractivity contribution in [3.63, 3.8) is 0 Å². The minimum absolute atomic E-state index is 0.0600. The highest BCUT2D eigenvalue weighted by Crippen LogP contribution is 2.41. The predicted molar refractivity (Wildman–Crippen MR) is 72.0 cm³/mol. The van der Waals surface area contributed by atoms with Gasteiger partial charge in [0.15, 0.2) is 0 Å². The lowest BCUT2D eigenvalue weighted by Gasteiger charge is -2.38. The van der Waals surface area contributed by atoms with Crippen LogP contribution in [0.5, 0.6) is 5.75 Å². The van der Waals surface area contributed by atoms with Crippen molar-refractivity contribution < 1.29 is 9.47 Å². The van der Waals surface area contributed by atoms with E-state index < -0.39 is 0 Å². The molecular weight excluding hydrogens is 238 g/mol. The highest BCUT2D eigenvalue weighted by molar-refractivity contribution is 5.42. The second-order valence-corrected chi connectivity index (χ2v) is 5.58. The zero-order chi connectivity index (χ0) is 13.1. The van der Waals surface area contributed by atoms with Gasteiger partial charge < -0.3 is 9.47 Å². The molecule has 0 aromatic heterocycles. The number of hydrogen-bond donors (Lipinski definition) is 0. The monoisotopic (exact) mass is 257 g/mol. The van der Waals surface area contributed by atoms with E-state index in [-0.39, 0.29) is 11.7 Å². The van der Waals surface area contributed by atoms with E-state index >= 15 is 0 Å². The van der Waals surface area contributed by atoms with Gasteiger partial charge in [-0.25, -0.2) is 0 Å². The van der Waals surface area contributed by atoms with Crippen LogP contribution in [0, 0.1) is 11.3 Å². The minimum Gasteiger partial charge on any atom is -0.489 e. The zero-order valence-corrected chi connectivity index (χ0v) is 11.1. The lowest BCUT2D eigenvalue weighted by molar-refractivity contribution is -0.108. The highest BCUT2D eigenvalue weighted by Gasteiger charge is 2.40. The van der Waals surface area contributed by atoms with Crippen molar-refractivity contribution in [2.45, 2.75) is 50.2 Å². The molecule has 2 fully saturated rings. The first-order valence-electron chi connectivity index (χ1n) is 7.11. The normalized spacial score (nSPS) is 25.1. The molecule has 2 aliphatic rings. The van der Waals surface area contributed by atoms with Gasteiger partial charge in [0.1, 0.15) is 17.9 Å². The summed E-state index contributed by atoms with van der Waals surface area (Å²) in [5.74, 6) is 0.713. The van der Waals surface area contributed by atoms with E-state index in [0.717, 1.165) is 32.3 Å². The van der Waals surface area contributed by atoms with Gasteiger partial charge in [0.25, 0.3) is 0 Å². The maximum Gasteiger partial charge on any atom is 0.137 e. The van der Waals surface area contributed by atoms with E-state index in [0.29, 0.717) is 11.3 Å². The van der Waals surface area contributed by atoms with Crippen LogP contribution in [0.25, 0.3) is 0 Å². The molecule has 100 valence electrons. The van der Waals surface area contributed by atoms with Gasteiger partial charge in [0.05, 0.1) is 17.8 Å². The molecule has 1 aromatic rings. The van der Waals surface area contributed by atoms with Crippen LogP contribution in [0.15, 0.2) is 24.3 Å². The van der Waals surface area contributed by atoms with Gasteiger partial charge in [-0.15, -0.1) is 0 Å². The van der Waals surface area contributed by atoms with Crippen molar-refractivity contribution in [2.24, 2.45) is 0 Å². The molecule has 0 amide bonds. The number of benzene rings is 1. The molecule has 1 aromatic carbocycles. The molecule has 1 saturated carbocycles. The van der Waals surface area contributed by atoms with Crippen LogP contribution in [0.2, 0.25) is 0 Å². The lowest BCUT2D eigenvalue weighted by Crippen LogP contribution is -2.41. The summed E-state index contributed by atoms with van der Waals surface area (Å²) in [5, 5.41) is 9.10. The molecule has 0 N–H and O–H groups in total. The molecule has 1 heterocycles. The molecule has 1 saturated heterocycles. The molecular formula is C16H19NO2. The van der Waals surface area contributed by atoms with E-state index in [4.69, 9.17) is 14.7 Å². The van der Waals surface area contributed by atoms with Gasteiger partial charge >= 0.3 is 0 Å². The third kappa shape index (κ3) is 2.59. The maximum absolute atomic E-state index is 9.10. The number of hydrogen-bond acceptors (Lipinski definition) is 3. The van der Waals surface area contributed by atoms with Crippen molar-refractivity contribution in [1.29, 1.82) is 5.26 Å². The van der Waals surface area contributed by atoms with Crippen LogP contribution in [-0.4, -0.2) is 18.3 Å². The Labute approximate surface area is 114 Å². The van der Waals surface area contributed by atoms with Gasteiger partial charge in [0, 0.05) is 12.8 Å². The van der Waals surface area contributed by atoms with Crippen molar-refractivity contribution >= 4 is 0 Å². The molecule has 3 rings (SSSR count). The number of nitriles is 1. The Morgan fingerprint density at radius 3 is 2.84 bits per heavy atom. The first-order chi connectivity index (χ1) is 9.31. The van der Waals surface area contributed by atoms with Gasteiger partial charge in [-0.05, 0) is 25.0 Å². The molecule has 3 nitrogen and oxygen atoms in total. The van der Waals surface area contributed by atoms with E-state index in [1.807, 2.05) is 18.2 Å². The first-order valence-corrected chi connectivity index (χ1v) is 7.11. The Morgan fingerprint density at radius 2 is 2.05 bits per heavy atom. The lowest BCUT2D eigenvalue weighted by atomic mass is 9.90. The summed E-state index contributed by atoms with van der Waals surface area (Å²) in [4.78, 5) is 0. The average Bonchev–Trinajstić information content (AvgIpc) is 2.87. The summed E-state index contributed by atoms with van der Waals surface area (Å²) < 4.78 is 12.1. The second-order valence-electron chi connectivity index (χ2n) is 5.58. The molecule has 1 aliphatic carbocycles. The molecule has 1 aliphatic heterocycles.